The fraction of sp³-hybridized carbons (Fsp3) is 0.308. The van der Waals surface area contributed by atoms with E-state index in [1.807, 2.05) is 69.2 Å². The van der Waals surface area contributed by atoms with Crippen molar-refractivity contribution in [2.75, 3.05) is 33.7 Å². The van der Waals surface area contributed by atoms with E-state index in [2.05, 4.69) is 0 Å². The van der Waals surface area contributed by atoms with Crippen LogP contribution >= 0.6 is 23.2 Å². The smallest absolute Gasteiger partial charge is 0.224 e. The molecule has 0 bridgehead atoms. The molecule has 168 valence electrons. The van der Waals surface area contributed by atoms with E-state index in [1.54, 1.807) is 17.1 Å². The molecule has 0 aromatic heterocycles. The number of rotatable bonds is 5. The molecule has 32 heavy (non-hydrogen) atoms. The van der Waals surface area contributed by atoms with Crippen LogP contribution < -0.4 is 0 Å². The van der Waals surface area contributed by atoms with Crippen molar-refractivity contribution in [1.82, 2.24) is 9.80 Å². The molecule has 0 aliphatic carbocycles. The Balaban J connectivity index is 2.02. The number of Topliss-reactive ketones (excluding diaryl/α,β-unsaturated/α-hetero) is 1. The predicted octanol–water partition coefficient (Wildman–Crippen LogP) is 5.44. The molecule has 2 aromatic carbocycles. The van der Waals surface area contributed by atoms with Crippen molar-refractivity contribution in [2.24, 2.45) is 0 Å². The lowest BCUT2D eigenvalue weighted by Gasteiger charge is -2.30. The molecule has 0 atom stereocenters. The van der Waals surface area contributed by atoms with E-state index in [9.17, 15) is 9.59 Å². The van der Waals surface area contributed by atoms with Gasteiger partial charge in [0.25, 0.3) is 0 Å². The fourth-order valence-electron chi connectivity index (χ4n) is 3.63. The third-order valence-electron chi connectivity index (χ3n) is 5.53. The first-order valence-corrected chi connectivity index (χ1v) is 11.3. The van der Waals surface area contributed by atoms with Crippen LogP contribution in [0.25, 0.3) is 12.2 Å². The number of likely N-dealkylation sites (tertiary alicyclic amines) is 1. The van der Waals surface area contributed by atoms with Gasteiger partial charge in [0.2, 0.25) is 5.91 Å². The van der Waals surface area contributed by atoms with Crippen LogP contribution in [0, 0.1) is 13.8 Å². The number of halogens is 2. The lowest BCUT2D eigenvalue weighted by molar-refractivity contribution is -0.131. The summed E-state index contributed by atoms with van der Waals surface area (Å²) in [5, 5.41) is 1.22. The number of amides is 1. The van der Waals surface area contributed by atoms with Crippen LogP contribution in [-0.2, 0) is 9.59 Å². The molecule has 4 nitrogen and oxygen atoms in total. The van der Waals surface area contributed by atoms with Gasteiger partial charge >= 0.3 is 0 Å². The summed E-state index contributed by atoms with van der Waals surface area (Å²) in [5.74, 6) is -0.0783. The second kappa shape index (κ2) is 10.5. The number of carbonyl (C=O) groups excluding carboxylic acids is 2. The van der Waals surface area contributed by atoms with Gasteiger partial charge in [-0.3, -0.25) is 9.59 Å². The van der Waals surface area contributed by atoms with Crippen molar-refractivity contribution in [1.29, 1.82) is 0 Å². The molecule has 0 saturated carbocycles. The van der Waals surface area contributed by atoms with Gasteiger partial charge in [-0.15, -0.1) is 0 Å². The number of hydrogen-bond acceptors (Lipinski definition) is 3. The molecular formula is C26H28Cl2N2O2. The van der Waals surface area contributed by atoms with Gasteiger partial charge < -0.3 is 9.80 Å². The van der Waals surface area contributed by atoms with E-state index in [0.29, 0.717) is 34.2 Å². The summed E-state index contributed by atoms with van der Waals surface area (Å²) in [6.45, 7) is 5.02. The fourth-order valence-corrected chi connectivity index (χ4v) is 3.99. The summed E-state index contributed by atoms with van der Waals surface area (Å²) in [6, 6.07) is 11.4. The summed E-state index contributed by atoms with van der Waals surface area (Å²) in [7, 11) is 3.87. The summed E-state index contributed by atoms with van der Waals surface area (Å²) in [5.41, 5.74) is 4.49. The number of aryl methyl sites for hydroxylation is 2. The van der Waals surface area contributed by atoms with E-state index in [0.717, 1.165) is 22.3 Å². The second-order valence-electron chi connectivity index (χ2n) is 8.43. The Hall–Kier alpha value is -2.40. The molecule has 3 rings (SSSR count). The third-order valence-corrected chi connectivity index (χ3v) is 6.57. The minimum absolute atomic E-state index is 0.00804. The molecule has 0 unspecified atom stereocenters. The zero-order chi connectivity index (χ0) is 23.4. The van der Waals surface area contributed by atoms with Crippen LogP contribution in [0.4, 0.5) is 0 Å². The van der Waals surface area contributed by atoms with Crippen molar-refractivity contribution < 1.29 is 9.59 Å². The molecule has 1 heterocycles. The molecule has 6 heteroatoms. The van der Waals surface area contributed by atoms with Gasteiger partial charge in [0.1, 0.15) is 0 Å². The topological polar surface area (TPSA) is 40.6 Å². The largest absolute Gasteiger partial charge is 0.334 e. The summed E-state index contributed by atoms with van der Waals surface area (Å²) < 4.78 is 0. The minimum atomic E-state index is -0.0863. The van der Waals surface area contributed by atoms with Gasteiger partial charge in [0, 0.05) is 37.2 Å². The zero-order valence-electron chi connectivity index (χ0n) is 18.9. The number of carbonyl (C=O) groups is 2. The molecule has 1 saturated heterocycles. The molecular weight excluding hydrogens is 443 g/mol. The average molecular weight is 471 g/mol. The standard InChI is InChI=1S/C26H28Cl2N2O2/c1-17-7-5-9-19(24(17)27)13-21-15-30(23(31)11-12-29(3)4)16-22(26(21)32)14-20-10-6-8-18(2)25(20)28/h5-10,13-14H,11-12,15-16H2,1-4H3/b21-13+,22-14+. The SMILES string of the molecule is Cc1cccc(/C=C2\CN(C(=O)CCN(C)C)C/C(=C\c3cccc(C)c3Cl)C2=O)c1Cl. The van der Waals surface area contributed by atoms with Gasteiger partial charge in [0.05, 0.1) is 10.0 Å². The van der Waals surface area contributed by atoms with Crippen molar-refractivity contribution >= 4 is 47.0 Å². The Morgan fingerprint density at radius 1 is 0.938 bits per heavy atom. The van der Waals surface area contributed by atoms with Gasteiger partial charge in [-0.05, 0) is 62.3 Å². The first kappa shape index (κ1) is 24.2. The van der Waals surface area contributed by atoms with Crippen molar-refractivity contribution in [3.63, 3.8) is 0 Å². The third kappa shape index (κ3) is 5.69. The average Bonchev–Trinajstić information content (AvgIpc) is 2.75. The highest BCUT2D eigenvalue weighted by Crippen LogP contribution is 2.29. The van der Waals surface area contributed by atoms with E-state index in [4.69, 9.17) is 23.2 Å². The summed E-state index contributed by atoms with van der Waals surface area (Å²) in [6.07, 6.45) is 3.99. The van der Waals surface area contributed by atoms with Crippen LogP contribution in [-0.4, -0.2) is 55.2 Å². The van der Waals surface area contributed by atoms with Crippen LogP contribution in [0.2, 0.25) is 10.0 Å². The monoisotopic (exact) mass is 470 g/mol. The lowest BCUT2D eigenvalue weighted by atomic mass is 9.93. The molecule has 1 aliphatic rings. The molecule has 0 spiro atoms. The molecule has 0 N–H and O–H groups in total. The number of nitrogens with zero attached hydrogens (tertiary/aromatic N) is 2. The Labute approximate surface area is 200 Å². The molecule has 1 aliphatic heterocycles. The second-order valence-corrected chi connectivity index (χ2v) is 9.18. The molecule has 0 radical (unpaired) electrons. The highest BCUT2D eigenvalue weighted by Gasteiger charge is 2.29. The van der Waals surface area contributed by atoms with E-state index in [-0.39, 0.29) is 24.8 Å². The van der Waals surface area contributed by atoms with Crippen LogP contribution in [0.5, 0.6) is 0 Å². The van der Waals surface area contributed by atoms with Crippen LogP contribution in [0.15, 0.2) is 47.5 Å². The van der Waals surface area contributed by atoms with Crippen LogP contribution in [0.1, 0.15) is 28.7 Å². The van der Waals surface area contributed by atoms with Crippen molar-refractivity contribution in [3.05, 3.63) is 79.8 Å². The maximum absolute atomic E-state index is 13.4. The van der Waals surface area contributed by atoms with Crippen LogP contribution in [0.3, 0.4) is 0 Å². The van der Waals surface area contributed by atoms with Crippen molar-refractivity contribution in [2.45, 2.75) is 20.3 Å². The highest BCUT2D eigenvalue weighted by molar-refractivity contribution is 6.33. The Morgan fingerprint density at radius 3 is 1.84 bits per heavy atom. The summed E-state index contributed by atoms with van der Waals surface area (Å²) in [4.78, 5) is 30.0. The molecule has 2 aromatic rings. The first-order valence-electron chi connectivity index (χ1n) is 10.6. The van der Waals surface area contributed by atoms with E-state index in [1.165, 1.54) is 0 Å². The van der Waals surface area contributed by atoms with Gasteiger partial charge in [-0.1, -0.05) is 59.6 Å². The molecule has 1 amide bonds. The van der Waals surface area contributed by atoms with E-state index >= 15 is 0 Å². The number of piperidine rings is 1. The molecule has 1 fully saturated rings. The maximum atomic E-state index is 13.4. The Morgan fingerprint density at radius 2 is 1.41 bits per heavy atom. The predicted molar refractivity (Wildman–Crippen MR) is 133 cm³/mol. The summed E-state index contributed by atoms with van der Waals surface area (Å²) >= 11 is 12.9. The normalized spacial score (nSPS) is 17.0. The number of ketones is 1. The zero-order valence-corrected chi connectivity index (χ0v) is 20.4. The van der Waals surface area contributed by atoms with Gasteiger partial charge in [0.15, 0.2) is 5.78 Å². The quantitative estimate of drug-likeness (QED) is 0.546. The Kier molecular flexibility index (Phi) is 7.94. The number of benzene rings is 2. The first-order chi connectivity index (χ1) is 15.2. The van der Waals surface area contributed by atoms with Gasteiger partial charge in [-0.2, -0.15) is 0 Å². The number of hydrogen-bond donors (Lipinski definition) is 0. The van der Waals surface area contributed by atoms with E-state index < -0.39 is 0 Å². The lowest BCUT2D eigenvalue weighted by Crippen LogP contribution is -2.42. The van der Waals surface area contributed by atoms with Crippen molar-refractivity contribution in [3.8, 4) is 0 Å². The maximum Gasteiger partial charge on any atom is 0.224 e. The minimum Gasteiger partial charge on any atom is -0.334 e. The highest BCUT2D eigenvalue weighted by atomic mass is 35.5. The Bertz CT molecular complexity index is 1030. The van der Waals surface area contributed by atoms with Gasteiger partial charge in [-0.25, -0.2) is 0 Å².